The number of carbonyl (C=O) groups is 1. The van der Waals surface area contributed by atoms with Crippen LogP contribution in [0.2, 0.25) is 0 Å². The van der Waals surface area contributed by atoms with Crippen LogP contribution in [0.3, 0.4) is 0 Å². The van der Waals surface area contributed by atoms with E-state index in [2.05, 4.69) is 49.6 Å². The summed E-state index contributed by atoms with van der Waals surface area (Å²) in [7, 11) is 2.12. The predicted octanol–water partition coefficient (Wildman–Crippen LogP) is 6.06. The Morgan fingerprint density at radius 3 is 2.73 bits per heavy atom. The third-order valence-corrected chi connectivity index (χ3v) is 6.62. The summed E-state index contributed by atoms with van der Waals surface area (Å²) in [6.45, 7) is 1.84. The van der Waals surface area contributed by atoms with Gasteiger partial charge in [-0.2, -0.15) is 0 Å². The lowest BCUT2D eigenvalue weighted by Gasteiger charge is -2.15. The van der Waals surface area contributed by atoms with Crippen LogP contribution >= 0.6 is 27.3 Å². The summed E-state index contributed by atoms with van der Waals surface area (Å²) in [4.78, 5) is 19.4. The fourth-order valence-electron chi connectivity index (χ4n) is 3.36. The number of thiophene rings is 1. The summed E-state index contributed by atoms with van der Waals surface area (Å²) < 4.78 is 14.2. The van der Waals surface area contributed by atoms with Crippen LogP contribution in [0.1, 0.15) is 20.8 Å². The number of nitrogens with one attached hydrogen (secondary N) is 2. The molecule has 2 N–H and O–H groups in total. The zero-order valence-electron chi connectivity index (χ0n) is 16.4. The number of aromatic nitrogens is 1. The zero-order valence-corrected chi connectivity index (χ0v) is 18.8. The molecule has 0 spiro atoms. The van der Waals surface area contributed by atoms with Crippen LogP contribution in [0.15, 0.2) is 64.6 Å². The first-order chi connectivity index (χ1) is 14.5. The van der Waals surface area contributed by atoms with Crippen molar-refractivity contribution in [1.82, 2.24) is 9.88 Å². The molecule has 0 fully saturated rings. The molecule has 154 valence electrons. The van der Waals surface area contributed by atoms with E-state index in [-0.39, 0.29) is 11.7 Å². The number of fused-ring (bicyclic) bond motifs is 1. The Balaban J connectivity index is 1.43. The average Bonchev–Trinajstić information content (AvgIpc) is 3.32. The zero-order chi connectivity index (χ0) is 21.1. The van der Waals surface area contributed by atoms with E-state index in [1.165, 1.54) is 34.7 Å². The largest absolute Gasteiger partial charge is 0.361 e. The standard InChI is InChI=1S/C23H21BrFN3OS/c1-28(13-20-10-17(24)14-30-20)9-8-16-12-26-22-7-6-19(11-21(16)22)27-23(29)15-2-4-18(25)5-3-15/h2-7,10-12,14,26H,8-9,13H2,1H3,(H,27,29). The van der Waals surface area contributed by atoms with E-state index in [0.29, 0.717) is 5.56 Å². The van der Waals surface area contributed by atoms with Crippen molar-refractivity contribution < 1.29 is 9.18 Å². The monoisotopic (exact) mass is 485 g/mol. The van der Waals surface area contributed by atoms with E-state index in [0.717, 1.165) is 40.6 Å². The maximum atomic E-state index is 13.1. The van der Waals surface area contributed by atoms with Crippen LogP contribution in [-0.4, -0.2) is 29.4 Å². The molecule has 2 heterocycles. The van der Waals surface area contributed by atoms with E-state index in [9.17, 15) is 9.18 Å². The fraction of sp³-hybridized carbons (Fsp3) is 0.174. The molecule has 0 saturated carbocycles. The van der Waals surface area contributed by atoms with Crippen LogP contribution in [0, 0.1) is 5.82 Å². The minimum atomic E-state index is -0.360. The van der Waals surface area contributed by atoms with E-state index in [1.54, 1.807) is 11.3 Å². The Morgan fingerprint density at radius 2 is 2.00 bits per heavy atom. The van der Waals surface area contributed by atoms with Crippen molar-refractivity contribution in [1.29, 1.82) is 0 Å². The number of likely N-dealkylation sites (N-methyl/N-ethyl adjacent to an activating group) is 1. The highest BCUT2D eigenvalue weighted by Crippen LogP contribution is 2.24. The van der Waals surface area contributed by atoms with E-state index >= 15 is 0 Å². The third-order valence-electron chi connectivity index (χ3n) is 4.94. The van der Waals surface area contributed by atoms with Crippen molar-refractivity contribution in [2.75, 3.05) is 18.9 Å². The molecule has 4 aromatic rings. The lowest BCUT2D eigenvalue weighted by atomic mass is 10.1. The first-order valence-electron chi connectivity index (χ1n) is 9.56. The molecule has 2 aromatic carbocycles. The maximum absolute atomic E-state index is 13.1. The highest BCUT2D eigenvalue weighted by Gasteiger charge is 2.10. The number of hydrogen-bond acceptors (Lipinski definition) is 3. The Hall–Kier alpha value is -2.48. The molecule has 30 heavy (non-hydrogen) atoms. The predicted molar refractivity (Wildman–Crippen MR) is 125 cm³/mol. The molecule has 0 atom stereocenters. The Morgan fingerprint density at radius 1 is 1.20 bits per heavy atom. The SMILES string of the molecule is CN(CCc1c[nH]c2ccc(NC(=O)c3ccc(F)cc3)cc12)Cc1cc(Br)cs1. The third kappa shape index (κ3) is 4.98. The highest BCUT2D eigenvalue weighted by molar-refractivity contribution is 9.10. The van der Waals surface area contributed by atoms with Crippen LogP contribution < -0.4 is 5.32 Å². The first kappa shape index (κ1) is 20.8. The molecule has 0 aliphatic rings. The van der Waals surface area contributed by atoms with Gasteiger partial charge in [-0.05, 0) is 83.5 Å². The van der Waals surface area contributed by atoms with Crippen molar-refractivity contribution in [2.24, 2.45) is 0 Å². The molecule has 0 saturated heterocycles. The van der Waals surface area contributed by atoms with Crippen LogP contribution in [0.5, 0.6) is 0 Å². The Bertz CT molecular complexity index is 1170. The van der Waals surface area contributed by atoms with Crippen LogP contribution in [0.4, 0.5) is 10.1 Å². The molecule has 0 aliphatic heterocycles. The molecule has 4 nitrogen and oxygen atoms in total. The van der Waals surface area contributed by atoms with Gasteiger partial charge in [0.2, 0.25) is 0 Å². The van der Waals surface area contributed by atoms with Gasteiger partial charge in [-0.3, -0.25) is 4.79 Å². The normalized spacial score (nSPS) is 11.3. The van der Waals surface area contributed by atoms with Gasteiger partial charge < -0.3 is 15.2 Å². The Labute approximate surface area is 186 Å². The molecular formula is C23H21BrFN3OS. The van der Waals surface area contributed by atoms with Crippen molar-refractivity contribution in [3.05, 3.63) is 86.4 Å². The average molecular weight is 486 g/mol. The summed E-state index contributed by atoms with van der Waals surface area (Å²) in [5.41, 5.74) is 3.39. The maximum Gasteiger partial charge on any atom is 0.255 e. The van der Waals surface area contributed by atoms with E-state index < -0.39 is 0 Å². The number of nitrogens with zero attached hydrogens (tertiary/aromatic N) is 1. The lowest BCUT2D eigenvalue weighted by molar-refractivity contribution is 0.102. The number of halogens is 2. The number of aromatic amines is 1. The smallest absolute Gasteiger partial charge is 0.255 e. The number of carbonyl (C=O) groups excluding carboxylic acids is 1. The number of amides is 1. The van der Waals surface area contributed by atoms with Gasteiger partial charge in [0.25, 0.3) is 5.91 Å². The molecule has 1 amide bonds. The van der Waals surface area contributed by atoms with Gasteiger partial charge in [0, 0.05) is 56.2 Å². The number of hydrogen-bond donors (Lipinski definition) is 2. The molecule has 0 radical (unpaired) electrons. The van der Waals surface area contributed by atoms with Gasteiger partial charge in [0.05, 0.1) is 0 Å². The molecule has 0 bridgehead atoms. The van der Waals surface area contributed by atoms with Crippen molar-refractivity contribution in [2.45, 2.75) is 13.0 Å². The molecule has 0 aliphatic carbocycles. The van der Waals surface area contributed by atoms with E-state index in [1.807, 2.05) is 24.4 Å². The van der Waals surface area contributed by atoms with Crippen LogP contribution in [0.25, 0.3) is 10.9 Å². The summed E-state index contributed by atoms with van der Waals surface area (Å²) in [5.74, 6) is -0.616. The van der Waals surface area contributed by atoms with Crippen LogP contribution in [-0.2, 0) is 13.0 Å². The Kier molecular flexibility index (Phi) is 6.32. The second-order valence-corrected chi connectivity index (χ2v) is 9.17. The van der Waals surface area contributed by atoms with Crippen molar-refractivity contribution in [3.63, 3.8) is 0 Å². The van der Waals surface area contributed by atoms with Gasteiger partial charge in [0.15, 0.2) is 0 Å². The van der Waals surface area contributed by atoms with Gasteiger partial charge >= 0.3 is 0 Å². The second-order valence-electron chi connectivity index (χ2n) is 7.25. The lowest BCUT2D eigenvalue weighted by Crippen LogP contribution is -2.20. The van der Waals surface area contributed by atoms with Gasteiger partial charge in [-0.15, -0.1) is 11.3 Å². The number of benzene rings is 2. The molecule has 0 unspecified atom stereocenters. The second kappa shape index (κ2) is 9.12. The fourth-order valence-corrected chi connectivity index (χ4v) is 4.89. The molecular weight excluding hydrogens is 465 g/mol. The molecule has 4 rings (SSSR count). The minimum absolute atomic E-state index is 0.256. The number of H-pyrrole nitrogens is 1. The minimum Gasteiger partial charge on any atom is -0.361 e. The summed E-state index contributed by atoms with van der Waals surface area (Å²) in [6.07, 6.45) is 2.93. The van der Waals surface area contributed by atoms with Gasteiger partial charge in [0.1, 0.15) is 5.82 Å². The molecule has 2 aromatic heterocycles. The summed E-state index contributed by atoms with van der Waals surface area (Å²) >= 11 is 5.26. The van der Waals surface area contributed by atoms with Gasteiger partial charge in [-0.25, -0.2) is 4.39 Å². The summed E-state index contributed by atoms with van der Waals surface area (Å²) in [5, 5.41) is 6.10. The topological polar surface area (TPSA) is 48.1 Å². The van der Waals surface area contributed by atoms with Crippen molar-refractivity contribution >= 4 is 49.8 Å². The van der Waals surface area contributed by atoms with E-state index in [4.69, 9.17) is 0 Å². The first-order valence-corrected chi connectivity index (χ1v) is 11.2. The number of anilines is 1. The number of rotatable bonds is 7. The summed E-state index contributed by atoms with van der Waals surface area (Å²) in [6, 6.07) is 13.5. The van der Waals surface area contributed by atoms with Gasteiger partial charge in [-0.1, -0.05) is 0 Å². The highest BCUT2D eigenvalue weighted by atomic mass is 79.9. The van der Waals surface area contributed by atoms with Crippen molar-refractivity contribution in [3.8, 4) is 0 Å². The quantitative estimate of drug-likeness (QED) is 0.334. The molecule has 7 heteroatoms.